The average molecular weight is 358 g/mol. The van der Waals surface area contributed by atoms with Crippen LogP contribution >= 0.6 is 0 Å². The van der Waals surface area contributed by atoms with E-state index < -0.39 is 6.29 Å². The Balaban J connectivity index is 1.65. The Morgan fingerprint density at radius 3 is 2.96 bits per heavy atom. The van der Waals surface area contributed by atoms with Gasteiger partial charge < -0.3 is 14.8 Å². The molecule has 26 heavy (non-hydrogen) atoms. The molecule has 140 valence electrons. The molecule has 1 saturated carbocycles. The van der Waals surface area contributed by atoms with Crippen molar-refractivity contribution in [1.29, 1.82) is 0 Å². The fraction of sp³-hybridized carbons (Fsp3) is 0.611. The minimum atomic E-state index is -0.754. The van der Waals surface area contributed by atoms with Crippen LogP contribution in [-0.2, 0) is 4.74 Å². The lowest BCUT2D eigenvalue weighted by molar-refractivity contribution is -0.0931. The third-order valence-corrected chi connectivity index (χ3v) is 5.46. The summed E-state index contributed by atoms with van der Waals surface area (Å²) in [4.78, 5) is 7.56. The summed E-state index contributed by atoms with van der Waals surface area (Å²) in [5, 5.41) is 21.6. The van der Waals surface area contributed by atoms with Crippen molar-refractivity contribution < 1.29 is 9.84 Å². The first kappa shape index (κ1) is 17.4. The molecular weight excluding hydrogens is 332 g/mol. The molecule has 8 heteroatoms. The van der Waals surface area contributed by atoms with Crippen LogP contribution in [-0.4, -0.2) is 48.7 Å². The van der Waals surface area contributed by atoms with E-state index in [4.69, 9.17) is 4.74 Å². The van der Waals surface area contributed by atoms with Crippen LogP contribution in [0.4, 0.5) is 0 Å². The van der Waals surface area contributed by atoms with Gasteiger partial charge in [0.2, 0.25) is 0 Å². The maximum Gasteiger partial charge on any atom is 0.179 e. The van der Waals surface area contributed by atoms with Crippen molar-refractivity contribution in [2.45, 2.75) is 51.9 Å². The number of nitrogens with zero attached hydrogens (tertiary/aromatic N) is 4. The predicted molar refractivity (Wildman–Crippen MR) is 97.5 cm³/mol. The summed E-state index contributed by atoms with van der Waals surface area (Å²) in [7, 11) is 0. The largest absolute Gasteiger partial charge is 0.368 e. The summed E-state index contributed by atoms with van der Waals surface area (Å²) in [6.07, 6.45) is 4.94. The van der Waals surface area contributed by atoms with Crippen LogP contribution in [0.1, 0.15) is 45.4 Å². The van der Waals surface area contributed by atoms with Crippen molar-refractivity contribution >= 4 is 16.8 Å². The highest BCUT2D eigenvalue weighted by Gasteiger charge is 2.39. The summed E-state index contributed by atoms with van der Waals surface area (Å²) in [6.45, 7) is 6.51. The second-order valence-electron chi connectivity index (χ2n) is 7.52. The maximum absolute atomic E-state index is 9.27. The van der Waals surface area contributed by atoms with Gasteiger partial charge in [-0.05, 0) is 37.7 Å². The van der Waals surface area contributed by atoms with Crippen molar-refractivity contribution in [3.63, 3.8) is 0 Å². The number of fused-ring (bicyclic) bond motifs is 3. The van der Waals surface area contributed by atoms with E-state index in [0.717, 1.165) is 35.5 Å². The molecule has 0 aromatic carbocycles. The predicted octanol–water partition coefficient (Wildman–Crippen LogP) is 2.03. The second kappa shape index (κ2) is 6.94. The third kappa shape index (κ3) is 3.08. The van der Waals surface area contributed by atoms with Gasteiger partial charge in [-0.3, -0.25) is 9.72 Å². The number of H-pyrrole nitrogens is 1. The highest BCUT2D eigenvalue weighted by Crippen LogP contribution is 2.43. The molecular formula is C18H26N6O2. The van der Waals surface area contributed by atoms with Crippen molar-refractivity contribution in [2.75, 3.05) is 6.73 Å². The van der Waals surface area contributed by atoms with Crippen LogP contribution in [0.2, 0.25) is 0 Å². The average Bonchev–Trinajstić information content (AvgIpc) is 3.30. The number of aliphatic hydroxyl groups is 1. The molecule has 3 aromatic heterocycles. The van der Waals surface area contributed by atoms with Crippen LogP contribution < -0.4 is 5.32 Å². The topological polar surface area (TPSA) is 100 Å². The number of ether oxygens (including phenoxy) is 1. The van der Waals surface area contributed by atoms with Crippen molar-refractivity contribution in [1.82, 2.24) is 29.9 Å². The van der Waals surface area contributed by atoms with E-state index in [-0.39, 0.29) is 0 Å². The molecule has 0 aliphatic heterocycles. The normalized spacial score (nSPS) is 24.9. The lowest BCUT2D eigenvalue weighted by atomic mass is 9.85. The fourth-order valence-corrected chi connectivity index (χ4v) is 4.20. The molecule has 3 aromatic rings. The van der Waals surface area contributed by atoms with E-state index in [1.807, 2.05) is 12.3 Å². The Morgan fingerprint density at radius 2 is 2.19 bits per heavy atom. The maximum atomic E-state index is 9.27. The van der Waals surface area contributed by atoms with Gasteiger partial charge in [-0.15, -0.1) is 10.2 Å². The zero-order valence-electron chi connectivity index (χ0n) is 15.4. The van der Waals surface area contributed by atoms with Crippen molar-refractivity contribution in [3.8, 4) is 0 Å². The van der Waals surface area contributed by atoms with E-state index >= 15 is 0 Å². The SMILES string of the molecule is CC(O)OCN[C@H]1C[C@@H](c2nnc3cnc4[nH]ccc4n23)[C@H](C(C)C)C1. The Morgan fingerprint density at radius 1 is 1.35 bits per heavy atom. The lowest BCUT2D eigenvalue weighted by Crippen LogP contribution is -2.31. The molecule has 0 amide bonds. The number of hydrogen-bond acceptors (Lipinski definition) is 6. The Hall–Kier alpha value is -2.03. The molecule has 8 nitrogen and oxygen atoms in total. The summed E-state index contributed by atoms with van der Waals surface area (Å²) in [5.74, 6) is 2.37. The van der Waals surface area contributed by atoms with Gasteiger partial charge in [0.25, 0.3) is 0 Å². The minimum absolute atomic E-state index is 0.314. The molecule has 0 spiro atoms. The number of aromatic amines is 1. The van der Waals surface area contributed by atoms with E-state index in [1.165, 1.54) is 0 Å². The number of aromatic nitrogens is 5. The molecule has 4 rings (SSSR count). The standard InChI is InChI=1S/C18H26N6O2/c1-10(2)13-6-12(21-9-26-11(3)25)7-14(13)18-23-22-16-8-20-17-15(24(16)18)4-5-19-17/h4-5,8,10-14,19,21,25H,6-7,9H2,1-3H3/t11?,12-,13+,14-/m1/s1. The van der Waals surface area contributed by atoms with Gasteiger partial charge in [-0.2, -0.15) is 0 Å². The van der Waals surface area contributed by atoms with Gasteiger partial charge in [-0.1, -0.05) is 13.8 Å². The van der Waals surface area contributed by atoms with Crippen LogP contribution in [0.3, 0.4) is 0 Å². The van der Waals surface area contributed by atoms with Crippen LogP contribution in [0.5, 0.6) is 0 Å². The monoisotopic (exact) mass is 358 g/mol. The molecule has 1 aliphatic carbocycles. The number of aliphatic hydroxyl groups excluding tert-OH is 1. The van der Waals surface area contributed by atoms with Gasteiger partial charge in [-0.25, -0.2) is 4.98 Å². The summed E-state index contributed by atoms with van der Waals surface area (Å²) >= 11 is 0. The molecule has 1 aliphatic rings. The zero-order chi connectivity index (χ0) is 18.3. The third-order valence-electron chi connectivity index (χ3n) is 5.46. The molecule has 1 unspecified atom stereocenters. The van der Waals surface area contributed by atoms with E-state index in [9.17, 15) is 5.11 Å². The highest BCUT2D eigenvalue weighted by atomic mass is 16.6. The van der Waals surface area contributed by atoms with Crippen molar-refractivity contribution in [2.24, 2.45) is 11.8 Å². The Labute approximate surface area is 152 Å². The van der Waals surface area contributed by atoms with Crippen LogP contribution in [0, 0.1) is 11.8 Å². The molecule has 4 atom stereocenters. The molecule has 0 bridgehead atoms. The van der Waals surface area contributed by atoms with Gasteiger partial charge in [0, 0.05) is 18.2 Å². The lowest BCUT2D eigenvalue weighted by Gasteiger charge is -2.21. The molecule has 3 N–H and O–H groups in total. The highest BCUT2D eigenvalue weighted by molar-refractivity contribution is 5.74. The molecule has 1 fully saturated rings. The second-order valence-corrected chi connectivity index (χ2v) is 7.52. The number of hydrogen-bond donors (Lipinski definition) is 3. The molecule has 3 heterocycles. The minimum Gasteiger partial charge on any atom is -0.368 e. The first-order valence-corrected chi connectivity index (χ1v) is 9.24. The van der Waals surface area contributed by atoms with E-state index in [2.05, 4.69) is 43.7 Å². The smallest absolute Gasteiger partial charge is 0.179 e. The van der Waals surface area contributed by atoms with E-state index in [0.29, 0.717) is 30.5 Å². The summed E-state index contributed by atoms with van der Waals surface area (Å²) in [6, 6.07) is 2.36. The number of rotatable bonds is 6. The molecule has 0 saturated heterocycles. The Kier molecular flexibility index (Phi) is 4.64. The fourth-order valence-electron chi connectivity index (χ4n) is 4.20. The zero-order valence-corrected chi connectivity index (χ0v) is 15.4. The van der Waals surface area contributed by atoms with Crippen molar-refractivity contribution in [3.05, 3.63) is 24.3 Å². The summed E-state index contributed by atoms with van der Waals surface area (Å²) < 4.78 is 7.37. The van der Waals surface area contributed by atoms with Gasteiger partial charge in [0.05, 0.1) is 18.4 Å². The van der Waals surface area contributed by atoms with Gasteiger partial charge in [0.15, 0.2) is 17.6 Å². The quantitative estimate of drug-likeness (QED) is 0.583. The first-order chi connectivity index (χ1) is 12.5. The van der Waals surface area contributed by atoms with E-state index in [1.54, 1.807) is 13.1 Å². The molecule has 0 radical (unpaired) electrons. The van der Waals surface area contributed by atoms with Gasteiger partial charge >= 0.3 is 0 Å². The number of nitrogens with one attached hydrogen (secondary N) is 2. The summed E-state index contributed by atoms with van der Waals surface area (Å²) in [5.41, 5.74) is 2.64. The van der Waals surface area contributed by atoms with Crippen LogP contribution in [0.25, 0.3) is 16.8 Å². The van der Waals surface area contributed by atoms with Gasteiger partial charge in [0.1, 0.15) is 5.82 Å². The van der Waals surface area contributed by atoms with Crippen LogP contribution in [0.15, 0.2) is 18.5 Å². The first-order valence-electron chi connectivity index (χ1n) is 9.24. The Bertz CT molecular complexity index is 886.